The average molecular weight is 228 g/mol. The number of aromatic nitrogens is 2. The molecule has 1 heterocycles. The van der Waals surface area contributed by atoms with E-state index in [0.717, 1.165) is 0 Å². The molecule has 0 bridgehead atoms. The molecule has 0 saturated heterocycles. The summed E-state index contributed by atoms with van der Waals surface area (Å²) in [6, 6.07) is 1.63. The van der Waals surface area contributed by atoms with Gasteiger partial charge in [-0.25, -0.2) is 8.78 Å². The van der Waals surface area contributed by atoms with Gasteiger partial charge >= 0.3 is 0 Å². The largest absolute Gasteiger partial charge is 0.292 e. The molecule has 0 unspecified atom stereocenters. The number of halogens is 2. The summed E-state index contributed by atoms with van der Waals surface area (Å²) in [5.74, 6) is -2.91. The fourth-order valence-electron chi connectivity index (χ4n) is 2.13. The summed E-state index contributed by atoms with van der Waals surface area (Å²) in [6.45, 7) is 0. The molecule has 0 radical (unpaired) electrons. The second-order valence-electron chi connectivity index (χ2n) is 4.33. The van der Waals surface area contributed by atoms with Gasteiger partial charge in [0.25, 0.3) is 0 Å². The van der Waals surface area contributed by atoms with E-state index in [1.807, 2.05) is 0 Å². The molecule has 16 heavy (non-hydrogen) atoms. The Balaban J connectivity index is 2.05. The number of hydrogen-bond donors (Lipinski definition) is 0. The van der Waals surface area contributed by atoms with Crippen molar-refractivity contribution in [2.45, 2.75) is 31.6 Å². The van der Waals surface area contributed by atoms with Crippen LogP contribution >= 0.6 is 0 Å². The summed E-state index contributed by atoms with van der Waals surface area (Å²) in [7, 11) is 1.69. The maximum Gasteiger partial charge on any atom is 0.248 e. The molecular weight excluding hydrogens is 214 g/mol. The lowest BCUT2D eigenvalue weighted by Crippen LogP contribution is -2.29. The first kappa shape index (κ1) is 11.2. The lowest BCUT2D eigenvalue weighted by atomic mass is 9.83. The Kier molecular flexibility index (Phi) is 2.78. The van der Waals surface area contributed by atoms with E-state index >= 15 is 0 Å². The maximum atomic E-state index is 12.9. The quantitative estimate of drug-likeness (QED) is 0.729. The topological polar surface area (TPSA) is 34.9 Å². The van der Waals surface area contributed by atoms with Crippen molar-refractivity contribution >= 4 is 5.78 Å². The molecule has 0 amide bonds. The number of nitrogens with zero attached hydrogens (tertiary/aromatic N) is 2. The van der Waals surface area contributed by atoms with E-state index in [4.69, 9.17) is 0 Å². The van der Waals surface area contributed by atoms with Crippen LogP contribution in [0.3, 0.4) is 0 Å². The SMILES string of the molecule is Cn1nccc1C(=O)C1CCC(F)(F)CC1. The van der Waals surface area contributed by atoms with Gasteiger partial charge < -0.3 is 0 Å². The van der Waals surface area contributed by atoms with Crippen LogP contribution in [-0.4, -0.2) is 21.5 Å². The van der Waals surface area contributed by atoms with Crippen LogP contribution in [0.15, 0.2) is 12.3 Å². The second kappa shape index (κ2) is 3.96. The highest BCUT2D eigenvalue weighted by Crippen LogP contribution is 2.37. The van der Waals surface area contributed by atoms with Crippen LogP contribution in [0.1, 0.15) is 36.2 Å². The van der Waals surface area contributed by atoms with E-state index in [1.54, 1.807) is 19.3 Å². The molecule has 1 aromatic rings. The number of carbonyl (C=O) groups is 1. The normalized spacial score (nSPS) is 20.9. The first-order valence-electron chi connectivity index (χ1n) is 5.40. The highest BCUT2D eigenvalue weighted by atomic mass is 19.3. The van der Waals surface area contributed by atoms with Gasteiger partial charge in [0.05, 0.1) is 0 Å². The van der Waals surface area contributed by atoms with Crippen molar-refractivity contribution < 1.29 is 13.6 Å². The fraction of sp³-hybridized carbons (Fsp3) is 0.636. The van der Waals surface area contributed by atoms with Crippen LogP contribution in [0.4, 0.5) is 8.78 Å². The van der Waals surface area contributed by atoms with Crippen molar-refractivity contribution in [1.29, 1.82) is 0 Å². The zero-order valence-corrected chi connectivity index (χ0v) is 9.12. The van der Waals surface area contributed by atoms with E-state index in [0.29, 0.717) is 5.69 Å². The number of Topliss-reactive ketones (excluding diaryl/α,β-unsaturated/α-hetero) is 1. The Hall–Kier alpha value is -1.26. The molecule has 0 spiro atoms. The van der Waals surface area contributed by atoms with Gasteiger partial charge in [-0.1, -0.05) is 0 Å². The third-order valence-electron chi connectivity index (χ3n) is 3.16. The van der Waals surface area contributed by atoms with Crippen LogP contribution in [0.2, 0.25) is 0 Å². The van der Waals surface area contributed by atoms with Crippen molar-refractivity contribution in [2.75, 3.05) is 0 Å². The molecule has 2 rings (SSSR count). The van der Waals surface area contributed by atoms with E-state index in [2.05, 4.69) is 5.10 Å². The van der Waals surface area contributed by atoms with Crippen LogP contribution in [-0.2, 0) is 7.05 Å². The predicted molar refractivity (Wildman–Crippen MR) is 54.4 cm³/mol. The van der Waals surface area contributed by atoms with Gasteiger partial charge in [-0.15, -0.1) is 0 Å². The van der Waals surface area contributed by atoms with Gasteiger partial charge in [0.2, 0.25) is 5.92 Å². The third kappa shape index (κ3) is 2.13. The summed E-state index contributed by atoms with van der Waals surface area (Å²) in [6.07, 6.45) is 1.74. The number of hydrogen-bond acceptors (Lipinski definition) is 2. The number of rotatable bonds is 2. The Labute approximate surface area is 92.4 Å². The van der Waals surface area contributed by atoms with Crippen molar-refractivity contribution in [3.05, 3.63) is 18.0 Å². The molecule has 1 aromatic heterocycles. The molecule has 3 nitrogen and oxygen atoms in total. The predicted octanol–water partition coefficient (Wildman–Crippen LogP) is 2.43. The minimum atomic E-state index is -2.58. The molecule has 1 fully saturated rings. The molecule has 0 atom stereocenters. The Morgan fingerprint density at radius 3 is 2.62 bits per heavy atom. The lowest BCUT2D eigenvalue weighted by molar-refractivity contribution is -0.0425. The smallest absolute Gasteiger partial charge is 0.248 e. The molecule has 0 N–H and O–H groups in total. The average Bonchev–Trinajstić information content (AvgIpc) is 2.63. The summed E-state index contributed by atoms with van der Waals surface area (Å²) < 4.78 is 27.4. The van der Waals surface area contributed by atoms with Gasteiger partial charge in [-0.05, 0) is 18.9 Å². The fourth-order valence-corrected chi connectivity index (χ4v) is 2.13. The second-order valence-corrected chi connectivity index (χ2v) is 4.33. The number of alkyl halides is 2. The molecule has 1 aliphatic rings. The van der Waals surface area contributed by atoms with Crippen LogP contribution in [0, 0.1) is 5.92 Å². The van der Waals surface area contributed by atoms with E-state index in [9.17, 15) is 13.6 Å². The van der Waals surface area contributed by atoms with E-state index < -0.39 is 5.92 Å². The van der Waals surface area contributed by atoms with Crippen molar-refractivity contribution in [3.63, 3.8) is 0 Å². The van der Waals surface area contributed by atoms with E-state index in [1.165, 1.54) is 4.68 Å². The zero-order chi connectivity index (χ0) is 11.8. The van der Waals surface area contributed by atoms with Crippen molar-refractivity contribution in [1.82, 2.24) is 9.78 Å². The standard InChI is InChI=1S/C11H14F2N2O/c1-15-9(4-7-14-15)10(16)8-2-5-11(12,13)6-3-8/h4,7-8H,2-3,5-6H2,1H3. The van der Waals surface area contributed by atoms with Gasteiger partial charge in [-0.2, -0.15) is 5.10 Å². The monoisotopic (exact) mass is 228 g/mol. The number of aryl methyl sites for hydroxylation is 1. The van der Waals surface area contributed by atoms with Crippen molar-refractivity contribution in [3.8, 4) is 0 Å². The summed E-state index contributed by atoms with van der Waals surface area (Å²) >= 11 is 0. The minimum Gasteiger partial charge on any atom is -0.292 e. The third-order valence-corrected chi connectivity index (χ3v) is 3.16. The van der Waals surface area contributed by atoms with Gasteiger partial charge in [0, 0.05) is 32.0 Å². The number of ketones is 1. The summed E-state index contributed by atoms with van der Waals surface area (Å²) in [5, 5.41) is 3.91. The molecule has 1 saturated carbocycles. The zero-order valence-electron chi connectivity index (χ0n) is 9.12. The van der Waals surface area contributed by atoms with Crippen LogP contribution in [0.5, 0.6) is 0 Å². The highest BCUT2D eigenvalue weighted by molar-refractivity contribution is 5.96. The molecule has 5 heteroatoms. The molecule has 0 aliphatic heterocycles. The first-order valence-corrected chi connectivity index (χ1v) is 5.40. The number of carbonyl (C=O) groups excluding carboxylic acids is 1. The van der Waals surface area contributed by atoms with E-state index in [-0.39, 0.29) is 37.4 Å². The lowest BCUT2D eigenvalue weighted by Gasteiger charge is -2.27. The summed E-state index contributed by atoms with van der Waals surface area (Å²) in [5.41, 5.74) is 0.509. The molecule has 88 valence electrons. The summed E-state index contributed by atoms with van der Waals surface area (Å²) in [4.78, 5) is 12.0. The van der Waals surface area contributed by atoms with Gasteiger partial charge in [-0.3, -0.25) is 9.48 Å². The van der Waals surface area contributed by atoms with Gasteiger partial charge in [0.1, 0.15) is 5.69 Å². The Morgan fingerprint density at radius 2 is 2.12 bits per heavy atom. The minimum absolute atomic E-state index is 0.0597. The Bertz CT molecular complexity index is 390. The van der Waals surface area contributed by atoms with Crippen molar-refractivity contribution in [2.24, 2.45) is 13.0 Å². The maximum absolute atomic E-state index is 12.9. The van der Waals surface area contributed by atoms with Gasteiger partial charge in [0.15, 0.2) is 5.78 Å². The van der Waals surface area contributed by atoms with Crippen LogP contribution < -0.4 is 0 Å². The van der Waals surface area contributed by atoms with Crippen LogP contribution in [0.25, 0.3) is 0 Å². The molecule has 1 aliphatic carbocycles. The first-order chi connectivity index (χ1) is 7.49. The molecular formula is C11H14F2N2O. The highest BCUT2D eigenvalue weighted by Gasteiger charge is 2.37. The molecule has 0 aromatic carbocycles. The Morgan fingerprint density at radius 1 is 1.50 bits per heavy atom.